The van der Waals surface area contributed by atoms with Crippen LogP contribution in [0.5, 0.6) is 5.75 Å². The highest BCUT2D eigenvalue weighted by atomic mass is 32.1. The van der Waals surface area contributed by atoms with Gasteiger partial charge in [-0.15, -0.1) is 11.3 Å². The summed E-state index contributed by atoms with van der Waals surface area (Å²) in [5.41, 5.74) is 0.166. The fourth-order valence-corrected chi connectivity index (χ4v) is 5.10. The summed E-state index contributed by atoms with van der Waals surface area (Å²) in [5, 5.41) is 11.6. The van der Waals surface area contributed by atoms with Gasteiger partial charge in [0.1, 0.15) is 15.6 Å². The van der Waals surface area contributed by atoms with Crippen molar-refractivity contribution in [3.8, 4) is 16.3 Å². The first kappa shape index (κ1) is 19.4. The minimum Gasteiger partial charge on any atom is -0.497 e. The fraction of sp³-hybridized carbons (Fsp3) is 0.524. The molecule has 1 N–H and O–H groups in total. The average molecular weight is 403 g/mol. The summed E-state index contributed by atoms with van der Waals surface area (Å²) in [5.74, 6) is 0.737. The van der Waals surface area contributed by atoms with Gasteiger partial charge in [0, 0.05) is 30.7 Å². The smallest absolute Gasteiger partial charge is 0.265 e. The Morgan fingerprint density at radius 1 is 1.39 bits per heavy atom. The van der Waals surface area contributed by atoms with Crippen LogP contribution in [0.4, 0.5) is 0 Å². The highest BCUT2D eigenvalue weighted by Gasteiger charge is 2.45. The van der Waals surface area contributed by atoms with E-state index in [2.05, 4.69) is 4.98 Å². The van der Waals surface area contributed by atoms with E-state index in [1.54, 1.807) is 13.3 Å². The molecule has 3 atom stereocenters. The molecule has 6 nitrogen and oxygen atoms in total. The number of nitrogens with zero attached hydrogens (tertiary/aromatic N) is 2. The molecule has 1 amide bonds. The predicted octanol–water partition coefficient (Wildman–Crippen LogP) is 3.21. The summed E-state index contributed by atoms with van der Waals surface area (Å²) in [6.07, 6.45) is 4.13. The van der Waals surface area contributed by atoms with Gasteiger partial charge in [0.2, 0.25) is 0 Å². The predicted molar refractivity (Wildman–Crippen MR) is 108 cm³/mol. The molecule has 2 fully saturated rings. The third-order valence-electron chi connectivity index (χ3n) is 5.93. The molecule has 0 unspecified atom stereocenters. The first-order valence-electron chi connectivity index (χ1n) is 9.71. The molecule has 4 rings (SSSR count). The molecule has 1 aromatic heterocycles. The van der Waals surface area contributed by atoms with E-state index in [4.69, 9.17) is 9.47 Å². The van der Waals surface area contributed by atoms with Gasteiger partial charge in [-0.05, 0) is 50.5 Å². The van der Waals surface area contributed by atoms with Crippen molar-refractivity contribution < 1.29 is 19.4 Å². The van der Waals surface area contributed by atoms with E-state index < -0.39 is 5.60 Å². The molecule has 1 aromatic carbocycles. The first-order chi connectivity index (χ1) is 13.5. The van der Waals surface area contributed by atoms with Crippen LogP contribution >= 0.6 is 11.3 Å². The Hall–Kier alpha value is -1.96. The summed E-state index contributed by atoms with van der Waals surface area (Å²) in [7, 11) is 1.64. The molecule has 7 heteroatoms. The molecule has 0 aliphatic carbocycles. The molecule has 0 spiro atoms. The Morgan fingerprint density at radius 3 is 2.89 bits per heavy atom. The van der Waals surface area contributed by atoms with Crippen molar-refractivity contribution in [2.75, 3.05) is 26.9 Å². The average Bonchev–Trinajstić information content (AvgIpc) is 3.37. The molecular formula is C21H26N2O4S. The van der Waals surface area contributed by atoms with Crippen molar-refractivity contribution in [3.63, 3.8) is 0 Å². The highest BCUT2D eigenvalue weighted by molar-refractivity contribution is 7.16. The van der Waals surface area contributed by atoms with Crippen LogP contribution < -0.4 is 4.74 Å². The second-order valence-corrected chi connectivity index (χ2v) is 8.79. The van der Waals surface area contributed by atoms with Crippen molar-refractivity contribution in [2.24, 2.45) is 5.92 Å². The number of hydrogen-bond donors (Lipinski definition) is 1. The van der Waals surface area contributed by atoms with Crippen LogP contribution in [0.1, 0.15) is 35.9 Å². The number of hydrogen-bond acceptors (Lipinski definition) is 6. The normalized spacial score (nSPS) is 27.8. The van der Waals surface area contributed by atoms with Crippen molar-refractivity contribution in [1.29, 1.82) is 0 Å². The number of aliphatic hydroxyl groups is 1. The number of carbonyl (C=O) groups excluding carboxylic acids is 1. The summed E-state index contributed by atoms with van der Waals surface area (Å²) in [6.45, 7) is 3.66. The molecular weight excluding hydrogens is 376 g/mol. The molecule has 0 radical (unpaired) electrons. The lowest BCUT2D eigenvalue weighted by Crippen LogP contribution is -2.53. The van der Waals surface area contributed by atoms with Gasteiger partial charge in [0.15, 0.2) is 0 Å². The van der Waals surface area contributed by atoms with Gasteiger partial charge in [-0.3, -0.25) is 4.79 Å². The van der Waals surface area contributed by atoms with Crippen LogP contribution in [0.2, 0.25) is 0 Å². The lowest BCUT2D eigenvalue weighted by molar-refractivity contribution is -0.119. The maximum Gasteiger partial charge on any atom is 0.265 e. The second kappa shape index (κ2) is 7.81. The van der Waals surface area contributed by atoms with Gasteiger partial charge >= 0.3 is 0 Å². The van der Waals surface area contributed by atoms with Gasteiger partial charge in [-0.2, -0.15) is 0 Å². The Kier molecular flexibility index (Phi) is 5.40. The molecule has 150 valence electrons. The van der Waals surface area contributed by atoms with Crippen molar-refractivity contribution >= 4 is 17.2 Å². The minimum atomic E-state index is -0.798. The minimum absolute atomic E-state index is 0.00105. The second-order valence-electron chi connectivity index (χ2n) is 7.75. The number of amides is 1. The highest BCUT2D eigenvalue weighted by Crippen LogP contribution is 2.37. The maximum absolute atomic E-state index is 13.2. The van der Waals surface area contributed by atoms with E-state index in [9.17, 15) is 9.90 Å². The largest absolute Gasteiger partial charge is 0.497 e. The number of methoxy groups -OCH3 is 1. The topological polar surface area (TPSA) is 71.9 Å². The first-order valence-corrected chi connectivity index (χ1v) is 10.5. The Morgan fingerprint density at radius 2 is 2.18 bits per heavy atom. The Balaban J connectivity index is 1.53. The monoisotopic (exact) mass is 402 g/mol. The van der Waals surface area contributed by atoms with Crippen LogP contribution in [0.3, 0.4) is 0 Å². The molecule has 2 saturated heterocycles. The zero-order valence-electron chi connectivity index (χ0n) is 16.3. The van der Waals surface area contributed by atoms with Crippen LogP contribution in [0.15, 0.2) is 30.5 Å². The van der Waals surface area contributed by atoms with E-state index in [1.165, 1.54) is 11.3 Å². The third kappa shape index (κ3) is 3.66. The van der Waals surface area contributed by atoms with Gasteiger partial charge in [-0.25, -0.2) is 4.98 Å². The van der Waals surface area contributed by atoms with Crippen LogP contribution in [0.25, 0.3) is 10.6 Å². The summed E-state index contributed by atoms with van der Waals surface area (Å²) in [6, 6.07) is 7.68. The number of rotatable bonds is 4. The van der Waals surface area contributed by atoms with Gasteiger partial charge < -0.3 is 19.5 Å². The molecule has 0 bridgehead atoms. The van der Waals surface area contributed by atoms with Crippen molar-refractivity contribution in [1.82, 2.24) is 9.88 Å². The van der Waals surface area contributed by atoms with E-state index in [1.807, 2.05) is 36.1 Å². The number of likely N-dealkylation sites (tertiary alicyclic amines) is 1. The standard InChI is InChI=1S/C21H26N2O4S/c1-21(25)9-11-27-13-16(21)17-4-3-10-23(17)20(24)18-12-22-19(28-18)14-5-7-15(26-2)8-6-14/h5-8,12,16-17,25H,3-4,9-11,13H2,1-2H3/t16-,17-,21-/m1/s1. The van der Waals surface area contributed by atoms with Crippen molar-refractivity contribution in [2.45, 2.75) is 37.8 Å². The summed E-state index contributed by atoms with van der Waals surface area (Å²) < 4.78 is 10.8. The number of carbonyl (C=O) groups is 1. The fourth-order valence-electron chi connectivity index (χ4n) is 4.22. The molecule has 2 aliphatic heterocycles. The molecule has 2 aliphatic rings. The summed E-state index contributed by atoms with van der Waals surface area (Å²) >= 11 is 1.41. The Bertz CT molecular complexity index is 833. The van der Waals surface area contributed by atoms with Crippen molar-refractivity contribution in [3.05, 3.63) is 35.3 Å². The maximum atomic E-state index is 13.2. The zero-order valence-corrected chi connectivity index (χ0v) is 17.1. The van der Waals surface area contributed by atoms with Gasteiger partial charge in [-0.1, -0.05) is 0 Å². The lowest BCUT2D eigenvalue weighted by Gasteiger charge is -2.43. The number of aromatic nitrogens is 1. The SMILES string of the molecule is COc1ccc(-c2ncc(C(=O)N3CCC[C@@H]3[C@H]3COCC[C@@]3(C)O)s2)cc1. The number of thiazole rings is 1. The molecule has 2 aromatic rings. The van der Waals surface area contributed by atoms with E-state index in [0.29, 0.717) is 31.1 Å². The number of benzene rings is 1. The molecule has 28 heavy (non-hydrogen) atoms. The molecule has 3 heterocycles. The van der Waals surface area contributed by atoms with E-state index in [0.717, 1.165) is 29.2 Å². The summed E-state index contributed by atoms with van der Waals surface area (Å²) in [4.78, 5) is 20.2. The van der Waals surface area contributed by atoms with Gasteiger partial charge in [0.25, 0.3) is 5.91 Å². The molecule has 0 saturated carbocycles. The Labute approximate surface area is 169 Å². The van der Waals surface area contributed by atoms with Gasteiger partial charge in [0.05, 0.1) is 25.5 Å². The quantitative estimate of drug-likeness (QED) is 0.850. The number of ether oxygens (including phenoxy) is 2. The lowest BCUT2D eigenvalue weighted by atomic mass is 9.79. The van der Waals surface area contributed by atoms with Crippen LogP contribution in [-0.4, -0.2) is 59.4 Å². The van der Waals surface area contributed by atoms with Crippen LogP contribution in [0, 0.1) is 5.92 Å². The van der Waals surface area contributed by atoms with E-state index in [-0.39, 0.29) is 17.9 Å². The third-order valence-corrected chi connectivity index (χ3v) is 6.96. The van der Waals surface area contributed by atoms with E-state index >= 15 is 0 Å². The zero-order chi connectivity index (χ0) is 19.7. The van der Waals surface area contributed by atoms with Crippen LogP contribution in [-0.2, 0) is 4.74 Å².